The van der Waals surface area contributed by atoms with E-state index in [1.807, 2.05) is 57.2 Å². The zero-order valence-electron chi connectivity index (χ0n) is 25.7. The molecule has 2 heterocycles. The Morgan fingerprint density at radius 1 is 0.955 bits per heavy atom. The van der Waals surface area contributed by atoms with Crippen molar-refractivity contribution in [1.82, 2.24) is 9.80 Å². The molecule has 0 spiro atoms. The Balaban J connectivity index is 1.52. The molecule has 0 bridgehead atoms. The second-order valence-electron chi connectivity index (χ2n) is 11.3. The lowest BCUT2D eigenvalue weighted by Crippen LogP contribution is -2.42. The monoisotopic (exact) mass is 600 g/mol. The van der Waals surface area contributed by atoms with Gasteiger partial charge in [0, 0.05) is 31.7 Å². The molecule has 1 unspecified atom stereocenters. The summed E-state index contributed by atoms with van der Waals surface area (Å²) < 4.78 is 23.1. The van der Waals surface area contributed by atoms with Crippen LogP contribution >= 0.6 is 0 Å². The van der Waals surface area contributed by atoms with Gasteiger partial charge < -0.3 is 29.0 Å². The van der Waals surface area contributed by atoms with E-state index >= 15 is 0 Å². The molecule has 2 fully saturated rings. The minimum atomic E-state index is -0.819. The number of amides is 1. The summed E-state index contributed by atoms with van der Waals surface area (Å²) in [5, 5.41) is 11.6. The summed E-state index contributed by atoms with van der Waals surface area (Å²) >= 11 is 0. The summed E-state index contributed by atoms with van der Waals surface area (Å²) in [5.41, 5.74) is 2.92. The van der Waals surface area contributed by atoms with Crippen molar-refractivity contribution in [2.45, 2.75) is 39.5 Å². The van der Waals surface area contributed by atoms with Crippen molar-refractivity contribution in [3.05, 3.63) is 94.6 Å². The number of morpholine rings is 1. The third-order valence-corrected chi connectivity index (χ3v) is 7.85. The molecule has 2 aliphatic rings. The summed E-state index contributed by atoms with van der Waals surface area (Å²) in [6, 6.07) is 19.6. The summed E-state index contributed by atoms with van der Waals surface area (Å²) in [6.07, 6.45) is -0.0143. The number of ether oxygens (including phenoxy) is 4. The maximum Gasteiger partial charge on any atom is 0.295 e. The standard InChI is InChI=1S/C35H40N2O7/c1-23(2)44-28-12-11-27(20-24(28)3)33(38)31-32(37(35(40)34(31)39)15-14-36-16-18-42-19-17-36)26-10-13-29(30(21-26)41-4)43-22-25-8-6-5-7-9-25/h5-13,20-21,23,32,38H,14-19,22H2,1-4H3. The van der Waals surface area contributed by atoms with E-state index in [0.29, 0.717) is 61.3 Å². The Morgan fingerprint density at radius 2 is 1.68 bits per heavy atom. The molecule has 9 heteroatoms. The molecule has 0 radical (unpaired) electrons. The third-order valence-electron chi connectivity index (χ3n) is 7.85. The lowest BCUT2D eigenvalue weighted by atomic mass is 9.94. The quantitative estimate of drug-likeness (QED) is 0.184. The largest absolute Gasteiger partial charge is 0.507 e. The van der Waals surface area contributed by atoms with E-state index in [4.69, 9.17) is 18.9 Å². The average Bonchev–Trinajstić information content (AvgIpc) is 3.29. The SMILES string of the molecule is COc1cc(C2C(=C(O)c3ccc(OC(C)C)c(C)c3)C(=O)C(=O)N2CCN2CCOCC2)ccc1OCc1ccccc1. The molecular weight excluding hydrogens is 560 g/mol. The van der Waals surface area contributed by atoms with Crippen molar-refractivity contribution in [2.75, 3.05) is 46.5 Å². The molecule has 44 heavy (non-hydrogen) atoms. The summed E-state index contributed by atoms with van der Waals surface area (Å²) in [6.45, 7) is 9.75. The molecule has 2 aliphatic heterocycles. The van der Waals surface area contributed by atoms with Gasteiger partial charge in [-0.1, -0.05) is 36.4 Å². The van der Waals surface area contributed by atoms with Crippen LogP contribution < -0.4 is 14.2 Å². The molecule has 1 atom stereocenters. The zero-order chi connectivity index (χ0) is 31.2. The van der Waals surface area contributed by atoms with Crippen molar-refractivity contribution < 1.29 is 33.6 Å². The van der Waals surface area contributed by atoms with Crippen molar-refractivity contribution in [1.29, 1.82) is 0 Å². The molecule has 0 aromatic heterocycles. The van der Waals surface area contributed by atoms with E-state index in [1.54, 1.807) is 42.3 Å². The van der Waals surface area contributed by atoms with E-state index in [0.717, 1.165) is 24.2 Å². The first-order valence-corrected chi connectivity index (χ1v) is 15.0. The first kappa shape index (κ1) is 31.1. The number of hydrogen-bond donors (Lipinski definition) is 1. The van der Waals surface area contributed by atoms with Crippen LogP contribution in [-0.4, -0.2) is 79.2 Å². The Hall–Kier alpha value is -4.34. The number of nitrogens with zero attached hydrogens (tertiary/aromatic N) is 2. The Bertz CT molecular complexity index is 1510. The highest BCUT2D eigenvalue weighted by molar-refractivity contribution is 6.46. The summed E-state index contributed by atoms with van der Waals surface area (Å²) in [5.74, 6) is 0.0762. The fraction of sp³-hybridized carbons (Fsp3) is 0.371. The highest BCUT2D eigenvalue weighted by Gasteiger charge is 2.46. The molecule has 1 N–H and O–H groups in total. The van der Waals surface area contributed by atoms with Crippen LogP contribution in [0.1, 0.15) is 42.1 Å². The topological polar surface area (TPSA) is 97.8 Å². The number of likely N-dealkylation sites (tertiary alicyclic amines) is 1. The summed E-state index contributed by atoms with van der Waals surface area (Å²) in [7, 11) is 1.55. The lowest BCUT2D eigenvalue weighted by molar-refractivity contribution is -0.140. The molecule has 0 aliphatic carbocycles. The van der Waals surface area contributed by atoms with Crippen LogP contribution in [0.2, 0.25) is 0 Å². The number of rotatable bonds is 11. The van der Waals surface area contributed by atoms with Crippen LogP contribution in [0.5, 0.6) is 17.2 Å². The number of carbonyl (C=O) groups excluding carboxylic acids is 2. The van der Waals surface area contributed by atoms with Crippen LogP contribution in [-0.2, 0) is 20.9 Å². The maximum absolute atomic E-state index is 13.6. The normalized spacial score (nSPS) is 18.6. The molecule has 3 aromatic rings. The first-order chi connectivity index (χ1) is 21.3. The van der Waals surface area contributed by atoms with E-state index in [1.165, 1.54) is 0 Å². The number of Topliss-reactive ketones (excluding diaryl/α,β-unsaturated/α-hetero) is 1. The predicted octanol–water partition coefficient (Wildman–Crippen LogP) is 5.12. The van der Waals surface area contributed by atoms with Gasteiger partial charge in [-0.3, -0.25) is 14.5 Å². The van der Waals surface area contributed by atoms with Gasteiger partial charge in [-0.2, -0.15) is 0 Å². The van der Waals surface area contributed by atoms with Crippen LogP contribution in [0.25, 0.3) is 5.76 Å². The molecule has 3 aromatic carbocycles. The molecule has 2 saturated heterocycles. The molecule has 1 amide bonds. The number of aryl methyl sites for hydroxylation is 1. The fourth-order valence-electron chi connectivity index (χ4n) is 5.58. The van der Waals surface area contributed by atoms with Crippen molar-refractivity contribution in [3.8, 4) is 17.2 Å². The minimum Gasteiger partial charge on any atom is -0.507 e. The van der Waals surface area contributed by atoms with Crippen LogP contribution in [0, 0.1) is 6.92 Å². The van der Waals surface area contributed by atoms with Gasteiger partial charge in [-0.05, 0) is 67.8 Å². The number of methoxy groups -OCH3 is 1. The Kier molecular flexibility index (Phi) is 9.87. The van der Waals surface area contributed by atoms with E-state index in [-0.39, 0.29) is 17.4 Å². The summed E-state index contributed by atoms with van der Waals surface area (Å²) in [4.78, 5) is 30.9. The van der Waals surface area contributed by atoms with Gasteiger partial charge in [-0.25, -0.2) is 0 Å². The minimum absolute atomic E-state index is 0.0143. The first-order valence-electron chi connectivity index (χ1n) is 15.0. The highest BCUT2D eigenvalue weighted by atomic mass is 16.5. The van der Waals surface area contributed by atoms with Crippen LogP contribution in [0.4, 0.5) is 0 Å². The lowest BCUT2D eigenvalue weighted by Gasteiger charge is -2.31. The van der Waals surface area contributed by atoms with Crippen molar-refractivity contribution in [3.63, 3.8) is 0 Å². The van der Waals surface area contributed by atoms with Gasteiger partial charge in [0.05, 0.1) is 38.0 Å². The number of ketones is 1. The molecule has 5 rings (SSSR count). The van der Waals surface area contributed by atoms with Gasteiger partial charge in [-0.15, -0.1) is 0 Å². The Morgan fingerprint density at radius 3 is 2.36 bits per heavy atom. The molecule has 9 nitrogen and oxygen atoms in total. The van der Waals surface area contributed by atoms with E-state index < -0.39 is 17.7 Å². The van der Waals surface area contributed by atoms with Crippen LogP contribution in [0.15, 0.2) is 72.3 Å². The van der Waals surface area contributed by atoms with Gasteiger partial charge in [0.1, 0.15) is 18.1 Å². The van der Waals surface area contributed by atoms with Gasteiger partial charge in [0.15, 0.2) is 11.5 Å². The highest BCUT2D eigenvalue weighted by Crippen LogP contribution is 2.42. The van der Waals surface area contributed by atoms with E-state index in [2.05, 4.69) is 4.90 Å². The molecule has 232 valence electrons. The predicted molar refractivity (Wildman–Crippen MR) is 167 cm³/mol. The number of hydrogen-bond acceptors (Lipinski definition) is 8. The van der Waals surface area contributed by atoms with Gasteiger partial charge >= 0.3 is 0 Å². The molecule has 0 saturated carbocycles. The third kappa shape index (κ3) is 6.90. The second-order valence-corrected chi connectivity index (χ2v) is 11.3. The molecular formula is C35H40N2O7. The maximum atomic E-state index is 13.6. The van der Waals surface area contributed by atoms with E-state index in [9.17, 15) is 14.7 Å². The fourth-order valence-corrected chi connectivity index (χ4v) is 5.58. The van der Waals surface area contributed by atoms with Crippen molar-refractivity contribution in [2.24, 2.45) is 0 Å². The number of aliphatic hydroxyl groups excluding tert-OH is 1. The Labute approximate surface area is 258 Å². The second kappa shape index (κ2) is 14.0. The number of benzene rings is 3. The number of aliphatic hydroxyl groups is 1. The smallest absolute Gasteiger partial charge is 0.295 e. The van der Waals surface area contributed by atoms with Crippen molar-refractivity contribution >= 4 is 17.4 Å². The average molecular weight is 601 g/mol. The number of carbonyl (C=O) groups is 2. The van der Waals surface area contributed by atoms with Gasteiger partial charge in [0.2, 0.25) is 0 Å². The van der Waals surface area contributed by atoms with Gasteiger partial charge in [0.25, 0.3) is 11.7 Å². The van der Waals surface area contributed by atoms with Crippen LogP contribution in [0.3, 0.4) is 0 Å². The zero-order valence-corrected chi connectivity index (χ0v) is 25.7.